The molecule has 0 radical (unpaired) electrons. The van der Waals surface area contributed by atoms with E-state index in [4.69, 9.17) is 5.73 Å². The number of sulfone groups is 1. The van der Waals surface area contributed by atoms with E-state index < -0.39 is 15.7 Å². The maximum absolute atomic E-state index is 13.7. The van der Waals surface area contributed by atoms with Gasteiger partial charge in [0.1, 0.15) is 15.7 Å². The summed E-state index contributed by atoms with van der Waals surface area (Å²) in [5, 5.41) is 0.829. The molecule has 2 aromatic carbocycles. The Balaban J connectivity index is 1.86. The molecule has 3 aromatic rings. The summed E-state index contributed by atoms with van der Waals surface area (Å²) in [6.07, 6.45) is 2.92. The van der Waals surface area contributed by atoms with Crippen LogP contribution in [0.5, 0.6) is 0 Å². The highest BCUT2D eigenvalue weighted by atomic mass is 32.2. The molecule has 1 aliphatic heterocycles. The first-order chi connectivity index (χ1) is 12.8. The van der Waals surface area contributed by atoms with Crippen molar-refractivity contribution < 1.29 is 17.6 Å². The van der Waals surface area contributed by atoms with Gasteiger partial charge in [-0.15, -0.1) is 0 Å². The Morgan fingerprint density at radius 2 is 1.85 bits per heavy atom. The topological polar surface area (TPSA) is 93.0 Å². The number of hydrogen-bond donors (Lipinski definition) is 2. The quantitative estimate of drug-likeness (QED) is 0.723. The van der Waals surface area contributed by atoms with Crippen molar-refractivity contribution in [2.45, 2.75) is 18.8 Å². The average Bonchev–Trinajstić information content (AvgIpc) is 3.04. The van der Waals surface area contributed by atoms with E-state index in [-0.39, 0.29) is 23.2 Å². The zero-order valence-electron chi connectivity index (χ0n) is 14.5. The van der Waals surface area contributed by atoms with Gasteiger partial charge < -0.3 is 10.7 Å². The van der Waals surface area contributed by atoms with Crippen molar-refractivity contribution in [3.8, 4) is 11.1 Å². The SMILES string of the molecule is NC(=O)c1cc(-c2cccc(F)c2)cc2c(C3CCS(=O)(=O)CC3)c[nH]c12. The molecule has 0 unspecified atom stereocenters. The Bertz CT molecular complexity index is 1140. The first-order valence-corrected chi connectivity index (χ1v) is 10.6. The molecular weight excluding hydrogens is 367 g/mol. The molecular formula is C20H19FN2O3S. The van der Waals surface area contributed by atoms with Crippen molar-refractivity contribution in [3.05, 3.63) is 59.5 Å². The summed E-state index contributed by atoms with van der Waals surface area (Å²) in [6.45, 7) is 0. The number of nitrogens with one attached hydrogen (secondary N) is 1. The Hall–Kier alpha value is -2.67. The molecule has 1 amide bonds. The van der Waals surface area contributed by atoms with Crippen LogP contribution in [0.2, 0.25) is 0 Å². The van der Waals surface area contributed by atoms with E-state index in [0.29, 0.717) is 35.0 Å². The summed E-state index contributed by atoms with van der Waals surface area (Å²) in [5.74, 6) is -0.517. The highest BCUT2D eigenvalue weighted by molar-refractivity contribution is 7.91. The predicted molar refractivity (Wildman–Crippen MR) is 103 cm³/mol. The molecule has 0 atom stereocenters. The number of aromatic amines is 1. The Morgan fingerprint density at radius 1 is 1.11 bits per heavy atom. The smallest absolute Gasteiger partial charge is 0.250 e. The number of aromatic nitrogens is 1. The lowest BCUT2D eigenvalue weighted by atomic mass is 9.91. The van der Waals surface area contributed by atoms with Crippen molar-refractivity contribution in [2.75, 3.05) is 11.5 Å². The second kappa shape index (κ2) is 6.49. The molecule has 2 heterocycles. The minimum atomic E-state index is -2.96. The summed E-state index contributed by atoms with van der Waals surface area (Å²) in [5.41, 5.74) is 8.85. The highest BCUT2D eigenvalue weighted by Gasteiger charge is 2.27. The molecule has 140 valence electrons. The Morgan fingerprint density at radius 3 is 2.52 bits per heavy atom. The second-order valence-electron chi connectivity index (χ2n) is 6.99. The van der Waals surface area contributed by atoms with Gasteiger partial charge in [0, 0.05) is 11.6 Å². The van der Waals surface area contributed by atoms with Gasteiger partial charge in [-0.25, -0.2) is 12.8 Å². The lowest BCUT2D eigenvalue weighted by Gasteiger charge is -2.21. The van der Waals surface area contributed by atoms with Crippen molar-refractivity contribution in [2.24, 2.45) is 5.73 Å². The minimum absolute atomic E-state index is 0.0887. The molecule has 4 rings (SSSR count). The van der Waals surface area contributed by atoms with Crippen LogP contribution in [0.4, 0.5) is 4.39 Å². The normalized spacial score (nSPS) is 17.2. The lowest BCUT2D eigenvalue weighted by molar-refractivity contribution is 0.100. The van der Waals surface area contributed by atoms with E-state index in [2.05, 4.69) is 4.98 Å². The van der Waals surface area contributed by atoms with E-state index >= 15 is 0 Å². The number of amides is 1. The van der Waals surface area contributed by atoms with Gasteiger partial charge in [0.15, 0.2) is 0 Å². The van der Waals surface area contributed by atoms with Gasteiger partial charge in [-0.05, 0) is 59.7 Å². The maximum atomic E-state index is 13.7. The van der Waals surface area contributed by atoms with Crippen LogP contribution in [0.3, 0.4) is 0 Å². The number of halogens is 1. The maximum Gasteiger partial charge on any atom is 0.250 e. The molecule has 1 aliphatic rings. The number of carbonyl (C=O) groups excluding carboxylic acids is 1. The molecule has 0 spiro atoms. The predicted octanol–water partition coefficient (Wildman–Crippen LogP) is 3.37. The van der Waals surface area contributed by atoms with Gasteiger partial charge in [0.25, 0.3) is 5.91 Å². The lowest BCUT2D eigenvalue weighted by Crippen LogP contribution is -2.22. The summed E-state index contributed by atoms with van der Waals surface area (Å²) < 4.78 is 37.1. The van der Waals surface area contributed by atoms with Gasteiger partial charge in [0.05, 0.1) is 22.6 Å². The Labute approximate surface area is 156 Å². The van der Waals surface area contributed by atoms with Gasteiger partial charge in [-0.2, -0.15) is 0 Å². The molecule has 27 heavy (non-hydrogen) atoms. The number of fused-ring (bicyclic) bond motifs is 1. The van der Waals surface area contributed by atoms with E-state index in [9.17, 15) is 17.6 Å². The first-order valence-electron chi connectivity index (χ1n) is 8.75. The van der Waals surface area contributed by atoms with Crippen LogP contribution < -0.4 is 5.73 Å². The molecule has 0 aliphatic carbocycles. The third-order valence-electron chi connectivity index (χ3n) is 5.24. The number of benzene rings is 2. The summed E-state index contributed by atoms with van der Waals surface area (Å²) in [6, 6.07) is 9.72. The number of primary amides is 1. The van der Waals surface area contributed by atoms with Crippen molar-refractivity contribution in [1.29, 1.82) is 0 Å². The summed E-state index contributed by atoms with van der Waals surface area (Å²) in [4.78, 5) is 15.1. The molecule has 3 N–H and O–H groups in total. The number of rotatable bonds is 3. The van der Waals surface area contributed by atoms with Crippen molar-refractivity contribution in [3.63, 3.8) is 0 Å². The zero-order valence-corrected chi connectivity index (χ0v) is 15.4. The molecule has 1 saturated heterocycles. The minimum Gasteiger partial charge on any atom is -0.366 e. The largest absolute Gasteiger partial charge is 0.366 e. The summed E-state index contributed by atoms with van der Waals surface area (Å²) in [7, 11) is -2.96. The number of nitrogens with two attached hydrogens (primary N) is 1. The zero-order chi connectivity index (χ0) is 19.2. The fourth-order valence-electron chi connectivity index (χ4n) is 3.82. The number of H-pyrrole nitrogens is 1. The van der Waals surface area contributed by atoms with E-state index in [0.717, 1.165) is 10.9 Å². The number of carbonyl (C=O) groups is 1. The van der Waals surface area contributed by atoms with Crippen LogP contribution in [0.15, 0.2) is 42.6 Å². The molecule has 0 bridgehead atoms. The van der Waals surface area contributed by atoms with Gasteiger partial charge in [0.2, 0.25) is 0 Å². The molecule has 1 aromatic heterocycles. The van der Waals surface area contributed by atoms with E-state index in [1.807, 2.05) is 12.3 Å². The monoisotopic (exact) mass is 386 g/mol. The van der Waals surface area contributed by atoms with Crippen LogP contribution in [0.1, 0.15) is 34.7 Å². The molecule has 0 saturated carbocycles. The van der Waals surface area contributed by atoms with Gasteiger partial charge >= 0.3 is 0 Å². The third kappa shape index (κ3) is 3.35. The molecule has 7 heteroatoms. The van der Waals surface area contributed by atoms with E-state index in [1.54, 1.807) is 18.2 Å². The van der Waals surface area contributed by atoms with Crippen LogP contribution >= 0.6 is 0 Å². The standard InChI is InChI=1S/C20H19FN2O3S/c21-15-3-1-2-13(8-15)14-9-16-18(12-4-6-27(25,26)7-5-12)11-23-19(16)17(10-14)20(22)24/h1-3,8-12,23H,4-7H2,(H2,22,24). The van der Waals surface area contributed by atoms with E-state index in [1.165, 1.54) is 12.1 Å². The van der Waals surface area contributed by atoms with Crippen LogP contribution in [-0.4, -0.2) is 30.8 Å². The molecule has 5 nitrogen and oxygen atoms in total. The fraction of sp³-hybridized carbons (Fsp3) is 0.250. The highest BCUT2D eigenvalue weighted by Crippen LogP contribution is 2.37. The average molecular weight is 386 g/mol. The Kier molecular flexibility index (Phi) is 4.26. The third-order valence-corrected chi connectivity index (χ3v) is 6.95. The second-order valence-corrected chi connectivity index (χ2v) is 9.29. The van der Waals surface area contributed by atoms with Crippen LogP contribution in [0, 0.1) is 5.82 Å². The van der Waals surface area contributed by atoms with Crippen LogP contribution in [0.25, 0.3) is 22.0 Å². The molecule has 1 fully saturated rings. The van der Waals surface area contributed by atoms with Crippen LogP contribution in [-0.2, 0) is 9.84 Å². The first kappa shape index (κ1) is 17.7. The summed E-state index contributed by atoms with van der Waals surface area (Å²) >= 11 is 0. The van der Waals surface area contributed by atoms with Gasteiger partial charge in [-0.1, -0.05) is 12.1 Å². The van der Waals surface area contributed by atoms with Crippen molar-refractivity contribution in [1.82, 2.24) is 4.98 Å². The fourth-order valence-corrected chi connectivity index (χ4v) is 5.31. The number of hydrogen-bond acceptors (Lipinski definition) is 3. The van der Waals surface area contributed by atoms with Gasteiger partial charge in [-0.3, -0.25) is 4.79 Å². The van der Waals surface area contributed by atoms with Crippen molar-refractivity contribution >= 4 is 26.6 Å².